The Morgan fingerprint density at radius 2 is 1.44 bits per heavy atom. The summed E-state index contributed by atoms with van der Waals surface area (Å²) in [6.45, 7) is -0.250. The summed E-state index contributed by atoms with van der Waals surface area (Å²) in [6, 6.07) is 0. The van der Waals surface area contributed by atoms with Crippen molar-refractivity contribution in [3.05, 3.63) is 0 Å². The standard InChI is InChI=1S/C2H2O3.CH2O2.H3N/c3-1-2(4)5;2-1-3;/h1H,(H,4,5);1H,(H,2,3);1H3. The van der Waals surface area contributed by atoms with E-state index in [0.29, 0.717) is 0 Å². The predicted molar refractivity (Wildman–Crippen MR) is 27.4 cm³/mol. The first-order valence-corrected chi connectivity index (χ1v) is 1.45. The first kappa shape index (κ1) is 15.6. The highest BCUT2D eigenvalue weighted by molar-refractivity contribution is 6.19. The van der Waals surface area contributed by atoms with Gasteiger partial charge in [0.15, 0.2) is 0 Å². The Balaban J connectivity index is -0.0000000800. The van der Waals surface area contributed by atoms with Gasteiger partial charge >= 0.3 is 5.97 Å². The van der Waals surface area contributed by atoms with Crippen molar-refractivity contribution in [1.82, 2.24) is 6.15 Å². The van der Waals surface area contributed by atoms with Crippen LogP contribution in [0.4, 0.5) is 0 Å². The van der Waals surface area contributed by atoms with Gasteiger partial charge in [0, 0.05) is 0 Å². The highest BCUT2D eigenvalue weighted by Gasteiger charge is 1.80. The molecule has 0 aromatic carbocycles. The molecule has 0 unspecified atom stereocenters. The minimum Gasteiger partial charge on any atom is -0.483 e. The van der Waals surface area contributed by atoms with Crippen LogP contribution in [0.1, 0.15) is 0 Å². The zero-order chi connectivity index (χ0) is 6.99. The molecule has 0 aliphatic heterocycles. The molecule has 0 aliphatic carbocycles. The SMILES string of the molecule is N.O=CC(=O)O.O=CO. The molecular weight excluding hydrogens is 130 g/mol. The average molecular weight is 137 g/mol. The summed E-state index contributed by atoms with van der Waals surface area (Å²) in [5.41, 5.74) is 0. The van der Waals surface area contributed by atoms with E-state index in [9.17, 15) is 0 Å². The van der Waals surface area contributed by atoms with Gasteiger partial charge in [0.25, 0.3) is 6.47 Å². The van der Waals surface area contributed by atoms with E-state index in [4.69, 9.17) is 24.6 Å². The number of hydrogen-bond acceptors (Lipinski definition) is 4. The maximum atomic E-state index is 9.00. The second-order valence-electron chi connectivity index (χ2n) is 0.561. The molecule has 0 radical (unpaired) electrons. The highest BCUT2D eigenvalue weighted by atomic mass is 16.4. The molecule has 0 saturated heterocycles. The fourth-order valence-electron chi connectivity index (χ4n) is 0. The maximum Gasteiger partial charge on any atom is 0.368 e. The number of aldehydes is 1. The van der Waals surface area contributed by atoms with Crippen molar-refractivity contribution in [3.63, 3.8) is 0 Å². The minimum atomic E-state index is -1.43. The number of hydrogen-bond donors (Lipinski definition) is 3. The number of carbonyl (C=O) groups is 3. The van der Waals surface area contributed by atoms with Crippen molar-refractivity contribution >= 4 is 18.7 Å². The van der Waals surface area contributed by atoms with Gasteiger partial charge < -0.3 is 16.4 Å². The summed E-state index contributed by atoms with van der Waals surface area (Å²) in [4.78, 5) is 26.3. The predicted octanol–water partition coefficient (Wildman–Crippen LogP) is -0.867. The number of carboxylic acids is 1. The Hall–Kier alpha value is -1.43. The summed E-state index contributed by atoms with van der Waals surface area (Å²) in [7, 11) is 0. The summed E-state index contributed by atoms with van der Waals surface area (Å²) in [5, 5.41) is 14.2. The van der Waals surface area contributed by atoms with Gasteiger partial charge in [-0.05, 0) is 0 Å². The topological polar surface area (TPSA) is 127 Å². The van der Waals surface area contributed by atoms with E-state index in [1.807, 2.05) is 0 Å². The van der Waals surface area contributed by atoms with Crippen LogP contribution in [-0.2, 0) is 14.4 Å². The molecule has 54 valence electrons. The molecule has 0 atom stereocenters. The normalized spacial score (nSPS) is 4.89. The van der Waals surface area contributed by atoms with E-state index in [1.165, 1.54) is 0 Å². The van der Waals surface area contributed by atoms with E-state index < -0.39 is 5.97 Å². The summed E-state index contributed by atoms with van der Waals surface area (Å²) in [6.07, 6.45) is -0.167. The molecule has 0 heterocycles. The number of carbonyl (C=O) groups excluding carboxylic acids is 1. The highest BCUT2D eigenvalue weighted by Crippen LogP contribution is 1.39. The summed E-state index contributed by atoms with van der Waals surface area (Å²) in [5.74, 6) is -1.43. The van der Waals surface area contributed by atoms with E-state index in [2.05, 4.69) is 0 Å². The second kappa shape index (κ2) is 16.0. The molecule has 5 N–H and O–H groups in total. The van der Waals surface area contributed by atoms with Gasteiger partial charge in [-0.2, -0.15) is 0 Å². The minimum absolute atomic E-state index is 0. The third-order valence-electron chi connectivity index (χ3n) is 0.101. The molecule has 0 aromatic rings. The quantitative estimate of drug-likeness (QED) is 0.318. The van der Waals surface area contributed by atoms with Crippen LogP contribution in [0.5, 0.6) is 0 Å². The van der Waals surface area contributed by atoms with E-state index in [0.717, 1.165) is 0 Å². The van der Waals surface area contributed by atoms with Crippen molar-refractivity contribution in [3.8, 4) is 0 Å². The van der Waals surface area contributed by atoms with Gasteiger partial charge in [-0.1, -0.05) is 0 Å². The fourth-order valence-corrected chi connectivity index (χ4v) is 0. The van der Waals surface area contributed by atoms with Gasteiger partial charge in [0.2, 0.25) is 6.29 Å². The lowest BCUT2D eigenvalue weighted by molar-refractivity contribution is -0.143. The molecule has 9 heavy (non-hydrogen) atoms. The van der Waals surface area contributed by atoms with Crippen LogP contribution in [0.3, 0.4) is 0 Å². The molecule has 6 heteroatoms. The van der Waals surface area contributed by atoms with Crippen molar-refractivity contribution in [2.75, 3.05) is 0 Å². The molecule has 0 fully saturated rings. The lowest BCUT2D eigenvalue weighted by atomic mass is 10.8. The molecule has 0 bridgehead atoms. The van der Waals surface area contributed by atoms with Crippen LogP contribution >= 0.6 is 0 Å². The third-order valence-corrected chi connectivity index (χ3v) is 0.101. The number of aliphatic carboxylic acids is 1. The fraction of sp³-hybridized carbons (Fsp3) is 0. The molecule has 0 saturated carbocycles. The van der Waals surface area contributed by atoms with E-state index in [1.54, 1.807) is 0 Å². The average Bonchev–Trinajstić information content (AvgIpc) is 1.69. The van der Waals surface area contributed by atoms with E-state index >= 15 is 0 Å². The third kappa shape index (κ3) is 422. The molecule has 0 aliphatic rings. The lowest BCUT2D eigenvalue weighted by Crippen LogP contribution is -1.91. The molecule has 0 rings (SSSR count). The monoisotopic (exact) mass is 137 g/mol. The van der Waals surface area contributed by atoms with Crippen LogP contribution in [-0.4, -0.2) is 28.9 Å². The Morgan fingerprint density at radius 3 is 1.44 bits per heavy atom. The second-order valence-corrected chi connectivity index (χ2v) is 0.561. The Morgan fingerprint density at radius 1 is 1.33 bits per heavy atom. The molecule has 6 nitrogen and oxygen atoms in total. The maximum absolute atomic E-state index is 9.00. The van der Waals surface area contributed by atoms with Gasteiger partial charge in [0.05, 0.1) is 0 Å². The van der Waals surface area contributed by atoms with Gasteiger partial charge in [0.1, 0.15) is 0 Å². The molecule has 0 aromatic heterocycles. The zero-order valence-electron chi connectivity index (χ0n) is 4.48. The number of carboxylic acid groups (broad SMARTS) is 2. The Kier molecular flexibility index (Phi) is 27.8. The number of rotatable bonds is 1. The molecule has 0 spiro atoms. The van der Waals surface area contributed by atoms with Crippen molar-refractivity contribution in [1.29, 1.82) is 0 Å². The van der Waals surface area contributed by atoms with Crippen molar-refractivity contribution in [2.24, 2.45) is 0 Å². The molecule has 0 amide bonds. The van der Waals surface area contributed by atoms with Crippen LogP contribution in [0.2, 0.25) is 0 Å². The Bertz CT molecular complexity index is 90.2. The summed E-state index contributed by atoms with van der Waals surface area (Å²) < 4.78 is 0. The Labute approximate surface area is 50.7 Å². The van der Waals surface area contributed by atoms with Gasteiger partial charge in [-0.15, -0.1) is 0 Å². The first-order valence-electron chi connectivity index (χ1n) is 1.45. The van der Waals surface area contributed by atoms with Crippen LogP contribution in [0, 0.1) is 0 Å². The van der Waals surface area contributed by atoms with Gasteiger partial charge in [-0.3, -0.25) is 9.59 Å². The lowest BCUT2D eigenvalue weighted by Gasteiger charge is -1.59. The van der Waals surface area contributed by atoms with Crippen LogP contribution < -0.4 is 6.15 Å². The van der Waals surface area contributed by atoms with E-state index in [-0.39, 0.29) is 18.9 Å². The van der Waals surface area contributed by atoms with Crippen LogP contribution in [0.15, 0.2) is 0 Å². The smallest absolute Gasteiger partial charge is 0.368 e. The summed E-state index contributed by atoms with van der Waals surface area (Å²) >= 11 is 0. The van der Waals surface area contributed by atoms with Crippen molar-refractivity contribution in [2.45, 2.75) is 0 Å². The molecular formula is C3H7NO5. The first-order chi connectivity index (χ1) is 3.68. The van der Waals surface area contributed by atoms with Gasteiger partial charge in [-0.25, -0.2) is 4.79 Å². The van der Waals surface area contributed by atoms with Crippen molar-refractivity contribution < 1.29 is 24.6 Å². The largest absolute Gasteiger partial charge is 0.483 e. The zero-order valence-corrected chi connectivity index (χ0v) is 4.48. The van der Waals surface area contributed by atoms with Crippen LogP contribution in [0.25, 0.3) is 0 Å².